The second kappa shape index (κ2) is 5.69. The number of aromatic nitrogens is 1. The van der Waals surface area contributed by atoms with Crippen LogP contribution in [-0.2, 0) is 0 Å². The van der Waals surface area contributed by atoms with Crippen molar-refractivity contribution in [2.45, 2.75) is 34.1 Å². The van der Waals surface area contributed by atoms with E-state index in [1.165, 1.54) is 0 Å². The second-order valence-corrected chi connectivity index (χ2v) is 5.92. The molecule has 0 spiro atoms. The van der Waals surface area contributed by atoms with Crippen LogP contribution in [0.25, 0.3) is 0 Å². The maximum atomic E-state index is 9.02. The monoisotopic (exact) mass is 276 g/mol. The van der Waals surface area contributed by atoms with Crippen LogP contribution in [0.2, 0.25) is 0 Å². The summed E-state index contributed by atoms with van der Waals surface area (Å²) in [5, 5.41) is 12.2. The molecule has 0 saturated carbocycles. The molecule has 1 saturated heterocycles. The molecule has 5 nitrogen and oxygen atoms in total. The molecule has 0 bridgehead atoms. The standard InChI is InChI=1S/C15H24N4O/c1-9-5-6-19(8-10(9)2)13-7-11(3)17-12(4)14(13)15(16)18-20/h7,9-10,20H,5-6,8H2,1-4H3,(H2,16,18). The lowest BCUT2D eigenvalue weighted by molar-refractivity contribution is 0.318. The van der Waals surface area contributed by atoms with Gasteiger partial charge < -0.3 is 15.8 Å². The Kier molecular flexibility index (Phi) is 4.16. The van der Waals surface area contributed by atoms with Crippen molar-refractivity contribution in [2.75, 3.05) is 18.0 Å². The predicted molar refractivity (Wildman–Crippen MR) is 81.4 cm³/mol. The summed E-state index contributed by atoms with van der Waals surface area (Å²) < 4.78 is 0. The first-order valence-electron chi connectivity index (χ1n) is 7.15. The van der Waals surface area contributed by atoms with Crippen molar-refractivity contribution < 1.29 is 5.21 Å². The summed E-state index contributed by atoms with van der Waals surface area (Å²) in [7, 11) is 0. The molecule has 110 valence electrons. The van der Waals surface area contributed by atoms with Gasteiger partial charge in [0.05, 0.1) is 16.9 Å². The minimum absolute atomic E-state index is 0.135. The minimum Gasteiger partial charge on any atom is -0.409 e. The number of oxime groups is 1. The van der Waals surface area contributed by atoms with Gasteiger partial charge in [-0.3, -0.25) is 4.98 Å². The summed E-state index contributed by atoms with van der Waals surface area (Å²) in [5.41, 5.74) is 9.39. The molecule has 20 heavy (non-hydrogen) atoms. The van der Waals surface area contributed by atoms with Crippen molar-refractivity contribution in [3.63, 3.8) is 0 Å². The zero-order valence-electron chi connectivity index (χ0n) is 12.7. The van der Waals surface area contributed by atoms with Crippen molar-refractivity contribution in [1.82, 2.24) is 4.98 Å². The second-order valence-electron chi connectivity index (χ2n) is 5.92. The highest BCUT2D eigenvalue weighted by atomic mass is 16.4. The fraction of sp³-hybridized carbons (Fsp3) is 0.600. The normalized spacial score (nSPS) is 24.0. The first kappa shape index (κ1) is 14.6. The molecule has 0 aromatic carbocycles. The van der Waals surface area contributed by atoms with E-state index >= 15 is 0 Å². The van der Waals surface area contributed by atoms with Crippen LogP contribution >= 0.6 is 0 Å². The molecular weight excluding hydrogens is 252 g/mol. The topological polar surface area (TPSA) is 74.7 Å². The Balaban J connectivity index is 2.45. The number of nitrogens with two attached hydrogens (primary N) is 1. The Morgan fingerprint density at radius 3 is 2.70 bits per heavy atom. The highest BCUT2D eigenvalue weighted by Crippen LogP contribution is 2.30. The summed E-state index contributed by atoms with van der Waals surface area (Å²) >= 11 is 0. The van der Waals surface area contributed by atoms with Gasteiger partial charge in [-0.25, -0.2) is 0 Å². The maximum Gasteiger partial charge on any atom is 0.174 e. The third-order valence-electron chi connectivity index (χ3n) is 4.35. The number of pyridine rings is 1. The number of amidine groups is 1. The van der Waals surface area contributed by atoms with Crippen molar-refractivity contribution >= 4 is 11.5 Å². The molecule has 1 aliphatic heterocycles. The number of piperidine rings is 1. The largest absolute Gasteiger partial charge is 0.409 e. The van der Waals surface area contributed by atoms with E-state index in [4.69, 9.17) is 10.9 Å². The van der Waals surface area contributed by atoms with E-state index < -0.39 is 0 Å². The maximum absolute atomic E-state index is 9.02. The van der Waals surface area contributed by atoms with Crippen LogP contribution in [0.15, 0.2) is 11.2 Å². The molecule has 1 aromatic rings. The van der Waals surface area contributed by atoms with E-state index in [0.717, 1.165) is 48.1 Å². The zero-order valence-corrected chi connectivity index (χ0v) is 12.7. The number of nitrogens with zero attached hydrogens (tertiary/aromatic N) is 3. The average molecular weight is 276 g/mol. The quantitative estimate of drug-likeness (QED) is 0.376. The molecule has 3 N–H and O–H groups in total. The van der Waals surface area contributed by atoms with Crippen molar-refractivity contribution in [2.24, 2.45) is 22.7 Å². The van der Waals surface area contributed by atoms with Crippen molar-refractivity contribution in [3.8, 4) is 0 Å². The Labute approximate surface area is 120 Å². The van der Waals surface area contributed by atoms with Crippen LogP contribution in [0.4, 0.5) is 5.69 Å². The molecule has 2 unspecified atom stereocenters. The number of aryl methyl sites for hydroxylation is 2. The predicted octanol–water partition coefficient (Wildman–Crippen LogP) is 2.28. The molecule has 2 rings (SSSR count). The van der Waals surface area contributed by atoms with Crippen LogP contribution in [-0.4, -0.2) is 29.1 Å². The molecule has 1 aliphatic rings. The van der Waals surface area contributed by atoms with Gasteiger partial charge in [0.2, 0.25) is 0 Å². The molecule has 5 heteroatoms. The van der Waals surface area contributed by atoms with E-state index in [9.17, 15) is 0 Å². The van der Waals surface area contributed by atoms with E-state index in [-0.39, 0.29) is 5.84 Å². The molecule has 0 radical (unpaired) electrons. The summed E-state index contributed by atoms with van der Waals surface area (Å²) in [6.45, 7) is 10.5. The SMILES string of the molecule is Cc1cc(N2CCC(C)C(C)C2)c(/C(N)=N/O)c(C)n1. The third-order valence-corrected chi connectivity index (χ3v) is 4.35. The first-order chi connectivity index (χ1) is 9.43. The molecule has 1 fully saturated rings. The number of rotatable bonds is 2. The fourth-order valence-corrected chi connectivity index (χ4v) is 2.91. The first-order valence-corrected chi connectivity index (χ1v) is 7.15. The lowest BCUT2D eigenvalue weighted by atomic mass is 9.88. The Morgan fingerprint density at radius 2 is 2.10 bits per heavy atom. The molecule has 0 aliphatic carbocycles. The highest BCUT2D eigenvalue weighted by Gasteiger charge is 2.26. The summed E-state index contributed by atoms with van der Waals surface area (Å²) in [6, 6.07) is 2.03. The van der Waals surface area contributed by atoms with Gasteiger partial charge in [0, 0.05) is 18.8 Å². The van der Waals surface area contributed by atoms with Crippen molar-refractivity contribution in [3.05, 3.63) is 23.0 Å². The van der Waals surface area contributed by atoms with Gasteiger partial charge in [-0.05, 0) is 38.2 Å². The molecule has 1 aromatic heterocycles. The molecule has 0 amide bonds. The zero-order chi connectivity index (χ0) is 14.9. The molecule has 2 atom stereocenters. The number of hydrogen-bond acceptors (Lipinski definition) is 4. The molecule has 2 heterocycles. The number of anilines is 1. The summed E-state index contributed by atoms with van der Waals surface area (Å²) in [6.07, 6.45) is 1.16. The van der Waals surface area contributed by atoms with Gasteiger partial charge in [0.15, 0.2) is 5.84 Å². The Bertz CT molecular complexity index is 527. The summed E-state index contributed by atoms with van der Waals surface area (Å²) in [4.78, 5) is 6.77. The van der Waals surface area contributed by atoms with Crippen LogP contribution in [0.3, 0.4) is 0 Å². The minimum atomic E-state index is 0.135. The average Bonchev–Trinajstić information content (AvgIpc) is 2.40. The lowest BCUT2D eigenvalue weighted by Crippen LogP contribution is -2.39. The molecular formula is C15H24N4O. The lowest BCUT2D eigenvalue weighted by Gasteiger charge is -2.38. The Morgan fingerprint density at radius 1 is 1.40 bits per heavy atom. The van der Waals surface area contributed by atoms with Gasteiger partial charge in [-0.2, -0.15) is 0 Å². The van der Waals surface area contributed by atoms with Crippen LogP contribution < -0.4 is 10.6 Å². The van der Waals surface area contributed by atoms with Crippen LogP contribution in [0.1, 0.15) is 37.2 Å². The Hall–Kier alpha value is -1.78. The van der Waals surface area contributed by atoms with Crippen molar-refractivity contribution in [1.29, 1.82) is 0 Å². The van der Waals surface area contributed by atoms with Gasteiger partial charge in [-0.1, -0.05) is 19.0 Å². The van der Waals surface area contributed by atoms with Crippen LogP contribution in [0, 0.1) is 25.7 Å². The van der Waals surface area contributed by atoms with E-state index in [1.807, 2.05) is 19.9 Å². The number of hydrogen-bond donors (Lipinski definition) is 2. The van der Waals surface area contributed by atoms with Crippen LogP contribution in [0.5, 0.6) is 0 Å². The van der Waals surface area contributed by atoms with Gasteiger partial charge >= 0.3 is 0 Å². The third kappa shape index (κ3) is 2.71. The summed E-state index contributed by atoms with van der Waals surface area (Å²) in [5.74, 6) is 1.51. The van der Waals surface area contributed by atoms with Gasteiger partial charge in [-0.15, -0.1) is 0 Å². The fourth-order valence-electron chi connectivity index (χ4n) is 2.91. The van der Waals surface area contributed by atoms with E-state index in [2.05, 4.69) is 28.9 Å². The van der Waals surface area contributed by atoms with E-state index in [0.29, 0.717) is 5.92 Å². The smallest absolute Gasteiger partial charge is 0.174 e. The van der Waals surface area contributed by atoms with Gasteiger partial charge in [0.25, 0.3) is 0 Å². The van der Waals surface area contributed by atoms with E-state index in [1.54, 1.807) is 0 Å². The van der Waals surface area contributed by atoms with Gasteiger partial charge in [0.1, 0.15) is 0 Å². The highest BCUT2D eigenvalue weighted by molar-refractivity contribution is 6.03.